The number of aryl methyl sites for hydroxylation is 2. The van der Waals surface area contributed by atoms with Crippen LogP contribution in [0.4, 0.5) is 11.4 Å². The minimum absolute atomic E-state index is 0.200. The molecule has 2 amide bonds. The number of aliphatic hydroxyl groups excluding tert-OH is 1. The normalized spacial score (nSPS) is 10.5. The molecule has 0 heterocycles. The van der Waals surface area contributed by atoms with Gasteiger partial charge in [0, 0.05) is 22.4 Å². The molecule has 0 atom stereocenters. The lowest BCUT2D eigenvalue weighted by atomic mass is 10.0. The number of anilines is 2. The van der Waals surface area contributed by atoms with Crippen molar-refractivity contribution in [2.24, 2.45) is 0 Å². The Hall–Kier alpha value is -4.46. The number of nitrogens with one attached hydrogen (secondary N) is 2. The molecule has 0 spiro atoms. The lowest BCUT2D eigenvalue weighted by molar-refractivity contribution is -0.627. The summed E-state index contributed by atoms with van der Waals surface area (Å²) in [5.74, 6) is 0.0896. The van der Waals surface area contributed by atoms with E-state index in [9.17, 15) is 14.7 Å². The lowest BCUT2D eigenvalue weighted by Gasteiger charge is -2.15. The van der Waals surface area contributed by atoms with Crippen LogP contribution in [0.15, 0.2) is 84.9 Å². The van der Waals surface area contributed by atoms with Crippen LogP contribution >= 0.6 is 0 Å². The largest absolute Gasteiger partial charge is 0.495 e. The molecule has 0 radical (unpaired) electrons. The van der Waals surface area contributed by atoms with Crippen molar-refractivity contribution in [3.05, 3.63) is 113 Å². The zero-order chi connectivity index (χ0) is 34.7. The number of ether oxygens (including phenoxy) is 1. The molecule has 0 saturated carbocycles. The van der Waals surface area contributed by atoms with Gasteiger partial charge >= 0.3 is 0 Å². The van der Waals surface area contributed by atoms with Crippen LogP contribution in [0.2, 0.25) is 0 Å². The van der Waals surface area contributed by atoms with Crippen molar-refractivity contribution in [2.45, 2.75) is 78.7 Å². The maximum atomic E-state index is 13.1. The molecular formula is C41H54N3O4+. The molecule has 0 unspecified atom stereocenters. The highest BCUT2D eigenvalue weighted by molar-refractivity contribution is 6.06. The number of methoxy groups -OCH3 is 1. The highest BCUT2D eigenvalue weighted by atomic mass is 16.5. The van der Waals surface area contributed by atoms with E-state index in [1.165, 1.54) is 50.6 Å². The number of quaternary nitrogens is 1. The van der Waals surface area contributed by atoms with Gasteiger partial charge in [-0.2, -0.15) is 0 Å². The van der Waals surface area contributed by atoms with E-state index >= 15 is 0 Å². The second-order valence-corrected chi connectivity index (χ2v) is 11.7. The molecule has 7 nitrogen and oxygen atoms in total. The van der Waals surface area contributed by atoms with E-state index in [2.05, 4.69) is 29.9 Å². The van der Waals surface area contributed by atoms with Crippen LogP contribution in [-0.4, -0.2) is 37.6 Å². The fraction of sp³-hybridized carbons (Fsp3) is 0.366. The summed E-state index contributed by atoms with van der Waals surface area (Å²) >= 11 is 0. The van der Waals surface area contributed by atoms with E-state index < -0.39 is 0 Å². The molecular weight excluding hydrogens is 598 g/mol. The van der Waals surface area contributed by atoms with Gasteiger partial charge in [0.05, 0.1) is 33.0 Å². The zero-order valence-electron chi connectivity index (χ0n) is 29.4. The highest BCUT2D eigenvalue weighted by Crippen LogP contribution is 2.33. The number of hydrogen-bond donors (Lipinski definition) is 4. The zero-order valence-corrected chi connectivity index (χ0v) is 29.4. The van der Waals surface area contributed by atoms with Crippen LogP contribution in [0.1, 0.15) is 96.7 Å². The Morgan fingerprint density at radius 1 is 0.688 bits per heavy atom. The van der Waals surface area contributed by atoms with Crippen molar-refractivity contribution >= 4 is 23.2 Å². The Bertz CT molecular complexity index is 1570. The van der Waals surface area contributed by atoms with Gasteiger partial charge in [0.15, 0.2) is 0 Å². The van der Waals surface area contributed by atoms with Gasteiger partial charge in [0.1, 0.15) is 5.75 Å². The first kappa shape index (κ1) is 38.0. The first-order valence-electron chi connectivity index (χ1n) is 17.5. The number of nitrogens with two attached hydrogens (primary N) is 1. The number of amides is 2. The Kier molecular flexibility index (Phi) is 16.4. The Morgan fingerprint density at radius 2 is 1.21 bits per heavy atom. The van der Waals surface area contributed by atoms with Gasteiger partial charge in [0.2, 0.25) is 0 Å². The van der Waals surface area contributed by atoms with E-state index in [-0.39, 0.29) is 18.4 Å². The number of carbonyl (C=O) groups excluding carboxylic acids is 2. The minimum atomic E-state index is -0.236. The van der Waals surface area contributed by atoms with Crippen molar-refractivity contribution in [2.75, 3.05) is 31.3 Å². The summed E-state index contributed by atoms with van der Waals surface area (Å²) in [4.78, 5) is 25.9. The first-order valence-corrected chi connectivity index (χ1v) is 17.5. The summed E-state index contributed by atoms with van der Waals surface area (Å²) in [6.07, 6.45) is 9.54. The molecule has 48 heavy (non-hydrogen) atoms. The molecule has 0 saturated heterocycles. The average Bonchev–Trinajstić information content (AvgIpc) is 3.14. The number of aliphatic hydroxyl groups is 1. The van der Waals surface area contributed by atoms with E-state index in [0.717, 1.165) is 29.5 Å². The lowest BCUT2D eigenvalue weighted by Crippen LogP contribution is -2.79. The van der Waals surface area contributed by atoms with Crippen LogP contribution in [0.3, 0.4) is 0 Å². The fourth-order valence-corrected chi connectivity index (χ4v) is 5.49. The Morgan fingerprint density at radius 3 is 1.77 bits per heavy atom. The van der Waals surface area contributed by atoms with Gasteiger partial charge in [-0.15, -0.1) is 0 Å². The topological polar surface area (TPSA) is 104 Å². The van der Waals surface area contributed by atoms with Gasteiger partial charge in [-0.3, -0.25) is 9.59 Å². The van der Waals surface area contributed by atoms with Gasteiger partial charge in [-0.25, -0.2) is 0 Å². The maximum Gasteiger partial charge on any atom is 0.255 e. The molecule has 5 N–H and O–H groups in total. The van der Waals surface area contributed by atoms with Crippen LogP contribution in [0.25, 0.3) is 11.1 Å². The van der Waals surface area contributed by atoms with Crippen LogP contribution in [0.5, 0.6) is 5.75 Å². The number of rotatable bonds is 17. The van der Waals surface area contributed by atoms with Crippen molar-refractivity contribution in [1.82, 2.24) is 0 Å². The van der Waals surface area contributed by atoms with Crippen molar-refractivity contribution in [3.63, 3.8) is 0 Å². The Balaban J connectivity index is 0.00000307. The van der Waals surface area contributed by atoms with Crippen molar-refractivity contribution in [3.8, 4) is 16.9 Å². The van der Waals surface area contributed by atoms with Crippen LogP contribution in [0, 0.1) is 0 Å². The number of unbranched alkanes of at least 4 members (excludes halogenated alkanes) is 5. The fourth-order valence-electron chi connectivity index (χ4n) is 5.49. The van der Waals surface area contributed by atoms with Crippen molar-refractivity contribution in [1.29, 1.82) is 0 Å². The van der Waals surface area contributed by atoms with E-state index in [1.54, 1.807) is 25.3 Å². The quantitative estimate of drug-likeness (QED) is 0.0868. The molecule has 0 aliphatic rings. The van der Waals surface area contributed by atoms with E-state index in [4.69, 9.17) is 4.74 Å². The SMILES string of the molecule is CC.CCc1ccc(C(=O)Nc2ccc(-c3ccc(NC(=O)c4ccc(CCCCCCCC[NH2+]C)cc4)c(OC)c3)cc2CO)cc1. The summed E-state index contributed by atoms with van der Waals surface area (Å²) in [6, 6.07) is 26.4. The molecule has 0 bridgehead atoms. The monoisotopic (exact) mass is 652 g/mol. The number of hydrogen-bond acceptors (Lipinski definition) is 4. The standard InChI is InChI=1S/C39H47N3O4.C2H6/c1-4-28-12-16-30(17-13-28)38(44)41-35-22-20-32(25-34(35)27-43)33-21-23-36(37(26-33)46-3)42-39(45)31-18-14-29(15-19-31)11-9-7-5-6-8-10-24-40-2;1-2/h12-23,25-26,40,43H,4-11,24,27H2,1-3H3,(H,41,44)(H,42,45);1-2H3/p+1. The molecule has 256 valence electrons. The molecule has 4 aromatic rings. The molecule has 0 fully saturated rings. The third kappa shape index (κ3) is 11.4. The van der Waals surface area contributed by atoms with Crippen LogP contribution < -0.4 is 20.7 Å². The first-order chi connectivity index (χ1) is 23.4. The van der Waals surface area contributed by atoms with Crippen LogP contribution in [-0.2, 0) is 19.4 Å². The van der Waals surface area contributed by atoms with E-state index in [1.807, 2.05) is 80.6 Å². The molecule has 0 aliphatic heterocycles. The van der Waals surface area contributed by atoms with Gasteiger partial charge in [-0.1, -0.05) is 76.4 Å². The molecule has 7 heteroatoms. The Labute approximate surface area is 287 Å². The van der Waals surface area contributed by atoms with Gasteiger partial charge < -0.3 is 25.8 Å². The van der Waals surface area contributed by atoms with Crippen molar-refractivity contribution < 1.29 is 24.7 Å². The summed E-state index contributed by atoms with van der Waals surface area (Å²) in [5.41, 5.74) is 6.96. The smallest absolute Gasteiger partial charge is 0.255 e. The molecule has 4 aromatic carbocycles. The summed E-state index contributed by atoms with van der Waals surface area (Å²) in [5, 5.41) is 18.2. The number of carbonyl (C=O) groups is 2. The summed E-state index contributed by atoms with van der Waals surface area (Å²) in [6.45, 7) is 7.05. The summed E-state index contributed by atoms with van der Waals surface area (Å²) in [7, 11) is 3.69. The molecule has 4 rings (SSSR count). The van der Waals surface area contributed by atoms with E-state index in [0.29, 0.717) is 33.8 Å². The third-order valence-electron chi connectivity index (χ3n) is 8.36. The van der Waals surface area contributed by atoms with Gasteiger partial charge in [0.25, 0.3) is 11.8 Å². The predicted molar refractivity (Wildman–Crippen MR) is 198 cm³/mol. The minimum Gasteiger partial charge on any atom is -0.495 e. The second kappa shape index (κ2) is 20.7. The highest BCUT2D eigenvalue weighted by Gasteiger charge is 2.14. The third-order valence-corrected chi connectivity index (χ3v) is 8.36. The van der Waals surface area contributed by atoms with Gasteiger partial charge in [-0.05, 0) is 103 Å². The number of benzene rings is 4. The second-order valence-electron chi connectivity index (χ2n) is 11.7. The predicted octanol–water partition coefficient (Wildman–Crippen LogP) is 8.02. The molecule has 0 aromatic heterocycles. The molecule has 0 aliphatic carbocycles. The summed E-state index contributed by atoms with van der Waals surface area (Å²) < 4.78 is 5.63. The average molecular weight is 653 g/mol. The maximum absolute atomic E-state index is 13.1.